The Labute approximate surface area is 171 Å². The van der Waals surface area contributed by atoms with Gasteiger partial charge in [-0.15, -0.1) is 12.4 Å². The quantitative estimate of drug-likeness (QED) is 0.670. The molecule has 2 aromatic heterocycles. The van der Waals surface area contributed by atoms with Gasteiger partial charge in [0.05, 0.1) is 23.9 Å². The number of anilines is 1. The van der Waals surface area contributed by atoms with Gasteiger partial charge in [0.1, 0.15) is 5.65 Å². The van der Waals surface area contributed by atoms with Gasteiger partial charge in [-0.3, -0.25) is 9.20 Å². The number of unbranched alkanes of at least 4 members (excludes halogenated alkanes) is 1. The predicted octanol–water partition coefficient (Wildman–Crippen LogP) is 4.33. The fourth-order valence-corrected chi connectivity index (χ4v) is 3.57. The first-order valence-electron chi connectivity index (χ1n) is 9.71. The van der Waals surface area contributed by atoms with E-state index in [1.165, 1.54) is 0 Å². The van der Waals surface area contributed by atoms with Crippen LogP contribution < -0.4 is 10.9 Å². The molecule has 1 atom stereocenters. The van der Waals surface area contributed by atoms with Crippen LogP contribution in [0.3, 0.4) is 0 Å². The number of halogens is 1. The summed E-state index contributed by atoms with van der Waals surface area (Å²) in [6, 6.07) is 14.1. The van der Waals surface area contributed by atoms with Crippen LogP contribution in [-0.4, -0.2) is 28.6 Å². The summed E-state index contributed by atoms with van der Waals surface area (Å²) in [5, 5.41) is 3.49. The summed E-state index contributed by atoms with van der Waals surface area (Å²) in [4.78, 5) is 18.0. The number of nitrogens with zero attached hydrogens (tertiary/aromatic N) is 2. The molecule has 5 nitrogen and oxygen atoms in total. The van der Waals surface area contributed by atoms with Gasteiger partial charge in [-0.05, 0) is 49.1 Å². The van der Waals surface area contributed by atoms with Crippen LogP contribution in [0.2, 0.25) is 0 Å². The maximum atomic E-state index is 13.2. The highest BCUT2D eigenvalue weighted by Gasteiger charge is 2.17. The number of nitrogens with one attached hydrogen (secondary N) is 1. The van der Waals surface area contributed by atoms with E-state index in [0.29, 0.717) is 17.3 Å². The van der Waals surface area contributed by atoms with Crippen LogP contribution in [0.25, 0.3) is 16.8 Å². The lowest BCUT2D eigenvalue weighted by Crippen LogP contribution is -2.20. The zero-order valence-electron chi connectivity index (χ0n) is 16.1. The van der Waals surface area contributed by atoms with Gasteiger partial charge in [0, 0.05) is 18.5 Å². The van der Waals surface area contributed by atoms with Gasteiger partial charge in [-0.25, -0.2) is 4.98 Å². The molecule has 3 heterocycles. The van der Waals surface area contributed by atoms with Crippen molar-refractivity contribution in [2.75, 3.05) is 18.5 Å². The predicted molar refractivity (Wildman–Crippen MR) is 116 cm³/mol. The molecule has 1 saturated heterocycles. The summed E-state index contributed by atoms with van der Waals surface area (Å²) in [6.07, 6.45) is 5.71. The summed E-state index contributed by atoms with van der Waals surface area (Å²) >= 11 is 0. The average Bonchev–Trinajstić information content (AvgIpc) is 3.20. The van der Waals surface area contributed by atoms with Crippen LogP contribution >= 0.6 is 12.4 Å². The van der Waals surface area contributed by atoms with Crippen molar-refractivity contribution in [3.05, 3.63) is 64.7 Å². The maximum absolute atomic E-state index is 13.2. The van der Waals surface area contributed by atoms with E-state index in [9.17, 15) is 4.79 Å². The first-order chi connectivity index (χ1) is 13.3. The molecule has 4 rings (SSSR count). The SMILES string of the molecule is CCCCc1nc2ccccn2c(=O)c1-c1ccc(NC2CCOC2)cc1.Cl. The molecule has 0 radical (unpaired) electrons. The van der Waals surface area contributed by atoms with E-state index in [1.807, 2.05) is 42.5 Å². The third-order valence-corrected chi connectivity index (χ3v) is 5.05. The molecular formula is C22H26ClN3O2. The number of aromatic nitrogens is 2. The number of hydrogen-bond acceptors (Lipinski definition) is 4. The van der Waals surface area contributed by atoms with Crippen LogP contribution in [0.1, 0.15) is 31.9 Å². The van der Waals surface area contributed by atoms with Crippen LogP contribution in [-0.2, 0) is 11.2 Å². The Morgan fingerprint density at radius 1 is 1.21 bits per heavy atom. The second kappa shape index (κ2) is 9.22. The van der Waals surface area contributed by atoms with Crippen molar-refractivity contribution >= 4 is 23.7 Å². The second-order valence-corrected chi connectivity index (χ2v) is 7.05. The van der Waals surface area contributed by atoms with Crippen molar-refractivity contribution in [2.24, 2.45) is 0 Å². The number of benzene rings is 1. The summed E-state index contributed by atoms with van der Waals surface area (Å²) in [5.41, 5.74) is 4.28. The first kappa shape index (κ1) is 20.4. The number of aryl methyl sites for hydroxylation is 1. The fourth-order valence-electron chi connectivity index (χ4n) is 3.57. The summed E-state index contributed by atoms with van der Waals surface area (Å²) in [5.74, 6) is 0. The van der Waals surface area contributed by atoms with E-state index in [4.69, 9.17) is 9.72 Å². The Morgan fingerprint density at radius 2 is 2.04 bits per heavy atom. The molecule has 28 heavy (non-hydrogen) atoms. The van der Waals surface area contributed by atoms with Crippen molar-refractivity contribution < 1.29 is 4.74 Å². The lowest BCUT2D eigenvalue weighted by atomic mass is 10.0. The van der Waals surface area contributed by atoms with Crippen LogP contribution in [0.15, 0.2) is 53.5 Å². The summed E-state index contributed by atoms with van der Waals surface area (Å²) < 4.78 is 7.05. The molecule has 1 unspecified atom stereocenters. The van der Waals surface area contributed by atoms with Gasteiger partial charge in [0.25, 0.3) is 5.56 Å². The maximum Gasteiger partial charge on any atom is 0.265 e. The molecule has 0 saturated carbocycles. The summed E-state index contributed by atoms with van der Waals surface area (Å²) in [7, 11) is 0. The Kier molecular flexibility index (Phi) is 6.70. The smallest absolute Gasteiger partial charge is 0.265 e. The molecule has 1 aromatic carbocycles. The molecule has 6 heteroatoms. The largest absolute Gasteiger partial charge is 0.380 e. The van der Waals surface area contributed by atoms with E-state index >= 15 is 0 Å². The zero-order chi connectivity index (χ0) is 18.6. The second-order valence-electron chi connectivity index (χ2n) is 7.05. The topological polar surface area (TPSA) is 55.6 Å². The van der Waals surface area contributed by atoms with E-state index < -0.39 is 0 Å². The van der Waals surface area contributed by atoms with Gasteiger partial charge in [-0.1, -0.05) is 31.5 Å². The van der Waals surface area contributed by atoms with Gasteiger partial charge in [0.15, 0.2) is 0 Å². The highest BCUT2D eigenvalue weighted by Crippen LogP contribution is 2.24. The van der Waals surface area contributed by atoms with Crippen molar-refractivity contribution in [1.29, 1.82) is 0 Å². The summed E-state index contributed by atoms with van der Waals surface area (Å²) in [6.45, 7) is 3.72. The van der Waals surface area contributed by atoms with Crippen LogP contribution in [0.4, 0.5) is 5.69 Å². The minimum Gasteiger partial charge on any atom is -0.380 e. The Balaban J connectivity index is 0.00000225. The number of fused-ring (bicyclic) bond motifs is 1. The Bertz CT molecular complexity index is 979. The van der Waals surface area contributed by atoms with E-state index in [1.54, 1.807) is 10.6 Å². The van der Waals surface area contributed by atoms with Crippen LogP contribution in [0, 0.1) is 0 Å². The fraction of sp³-hybridized carbons (Fsp3) is 0.364. The van der Waals surface area contributed by atoms with Gasteiger partial charge in [0.2, 0.25) is 0 Å². The van der Waals surface area contributed by atoms with E-state index in [2.05, 4.69) is 12.2 Å². The molecule has 148 valence electrons. The Morgan fingerprint density at radius 3 is 2.75 bits per heavy atom. The third kappa shape index (κ3) is 4.21. The van der Waals surface area contributed by atoms with Crippen molar-refractivity contribution in [3.8, 4) is 11.1 Å². The molecule has 1 aliphatic rings. The average molecular weight is 400 g/mol. The highest BCUT2D eigenvalue weighted by atomic mass is 35.5. The molecule has 3 aromatic rings. The van der Waals surface area contributed by atoms with E-state index in [-0.39, 0.29) is 18.0 Å². The first-order valence-corrected chi connectivity index (χ1v) is 9.71. The molecule has 0 amide bonds. The minimum atomic E-state index is -0.00314. The van der Waals surface area contributed by atoms with E-state index in [0.717, 1.165) is 55.8 Å². The lowest BCUT2D eigenvalue weighted by Gasteiger charge is -2.14. The molecule has 1 N–H and O–H groups in total. The van der Waals surface area contributed by atoms with Gasteiger partial charge < -0.3 is 10.1 Å². The minimum absolute atomic E-state index is 0. The van der Waals surface area contributed by atoms with Crippen molar-refractivity contribution in [1.82, 2.24) is 9.38 Å². The number of hydrogen-bond donors (Lipinski definition) is 1. The van der Waals surface area contributed by atoms with Gasteiger partial charge >= 0.3 is 0 Å². The Hall–Kier alpha value is -2.37. The molecule has 1 fully saturated rings. The molecular weight excluding hydrogens is 374 g/mol. The normalized spacial score (nSPS) is 16.1. The third-order valence-electron chi connectivity index (χ3n) is 5.05. The monoisotopic (exact) mass is 399 g/mol. The van der Waals surface area contributed by atoms with Crippen molar-refractivity contribution in [2.45, 2.75) is 38.6 Å². The molecule has 0 bridgehead atoms. The van der Waals surface area contributed by atoms with Crippen LogP contribution in [0.5, 0.6) is 0 Å². The molecule has 1 aliphatic heterocycles. The number of pyridine rings is 1. The van der Waals surface area contributed by atoms with Crippen molar-refractivity contribution in [3.63, 3.8) is 0 Å². The number of rotatable bonds is 6. The number of ether oxygens (including phenoxy) is 1. The lowest BCUT2D eigenvalue weighted by molar-refractivity contribution is 0.195. The van der Waals surface area contributed by atoms with Gasteiger partial charge in [-0.2, -0.15) is 0 Å². The standard InChI is InChI=1S/C22H25N3O2.ClH/c1-2-3-6-19-21(22(26)25-13-5-4-7-20(25)24-19)16-8-10-17(11-9-16)23-18-12-14-27-15-18;/h4-5,7-11,13,18,23H,2-3,6,12,14-15H2,1H3;1H. The highest BCUT2D eigenvalue weighted by molar-refractivity contribution is 5.85. The molecule has 0 aliphatic carbocycles. The molecule has 0 spiro atoms. The zero-order valence-corrected chi connectivity index (χ0v) is 16.9.